The van der Waals surface area contributed by atoms with Crippen molar-refractivity contribution in [1.29, 1.82) is 0 Å². The van der Waals surface area contributed by atoms with Crippen molar-refractivity contribution in [1.82, 2.24) is 4.90 Å². The molecule has 0 aliphatic carbocycles. The van der Waals surface area contributed by atoms with Crippen LogP contribution < -0.4 is 5.73 Å². The Labute approximate surface area is 69.9 Å². The number of hydrogen-bond donors (Lipinski definition) is 1. The topological polar surface area (TPSA) is 29.3 Å². The van der Waals surface area contributed by atoms with E-state index >= 15 is 0 Å². The first-order valence-electron chi connectivity index (χ1n) is 3.43. The van der Waals surface area contributed by atoms with E-state index in [9.17, 15) is 0 Å². The van der Waals surface area contributed by atoms with Crippen LogP contribution in [0.1, 0.15) is 12.8 Å². The third-order valence-corrected chi connectivity index (χ3v) is 3.11. The van der Waals surface area contributed by atoms with E-state index in [1.54, 1.807) is 0 Å². The van der Waals surface area contributed by atoms with E-state index in [1.165, 1.54) is 19.4 Å². The predicted octanol–water partition coefficient (Wildman–Crippen LogP) is 0.802. The van der Waals surface area contributed by atoms with E-state index in [-0.39, 0.29) is 0 Å². The lowest BCUT2D eigenvalue weighted by atomic mass is 10.4. The Bertz CT molecular complexity index is 87.1. The average molecular weight is 240 g/mol. The number of halogens is 1. The van der Waals surface area contributed by atoms with Gasteiger partial charge in [-0.25, -0.2) is 0 Å². The first-order valence-corrected chi connectivity index (χ1v) is 4.67. The quantitative estimate of drug-likeness (QED) is 0.439. The van der Waals surface area contributed by atoms with Crippen molar-refractivity contribution in [2.75, 3.05) is 19.6 Å². The summed E-state index contributed by atoms with van der Waals surface area (Å²) in [6, 6.07) is 0. The van der Waals surface area contributed by atoms with Crippen molar-refractivity contribution in [3.05, 3.63) is 0 Å². The van der Waals surface area contributed by atoms with Crippen LogP contribution in [0.25, 0.3) is 0 Å². The fourth-order valence-corrected chi connectivity index (χ4v) is 2.20. The van der Waals surface area contributed by atoms with Gasteiger partial charge in [0.15, 0.2) is 0 Å². The van der Waals surface area contributed by atoms with Crippen LogP contribution in [-0.2, 0) is 0 Å². The molecular weight excluding hydrogens is 227 g/mol. The van der Waals surface area contributed by atoms with Gasteiger partial charge in [-0.15, -0.1) is 0 Å². The third-order valence-electron chi connectivity index (χ3n) is 1.70. The molecule has 0 bridgehead atoms. The van der Waals surface area contributed by atoms with E-state index in [1.807, 2.05) is 0 Å². The number of nitrogens with two attached hydrogens (primary N) is 1. The van der Waals surface area contributed by atoms with Gasteiger partial charge in [0.25, 0.3) is 0 Å². The van der Waals surface area contributed by atoms with Gasteiger partial charge in [0.05, 0.1) is 4.05 Å². The van der Waals surface area contributed by atoms with Crippen LogP contribution in [0.3, 0.4) is 0 Å². The smallest absolute Gasteiger partial charge is 0.0619 e. The molecule has 1 unspecified atom stereocenters. The summed E-state index contributed by atoms with van der Waals surface area (Å²) in [6.45, 7) is 3.14. The summed E-state index contributed by atoms with van der Waals surface area (Å²) in [7, 11) is 0. The zero-order valence-electron chi connectivity index (χ0n) is 5.52. The molecule has 54 valence electrons. The molecule has 0 aromatic rings. The molecule has 1 atom stereocenters. The van der Waals surface area contributed by atoms with Crippen LogP contribution in [0.4, 0.5) is 0 Å². The number of alkyl halides is 1. The minimum atomic E-state index is 0.756. The molecule has 1 fully saturated rings. The van der Waals surface area contributed by atoms with Gasteiger partial charge in [-0.1, -0.05) is 22.6 Å². The average Bonchev–Trinajstić information content (AvgIpc) is 2.18. The molecule has 3 heteroatoms. The molecule has 0 radical (unpaired) electrons. The summed E-state index contributed by atoms with van der Waals surface area (Å²) in [5.74, 6) is 0. The number of likely N-dealkylation sites (tertiary alicyclic amines) is 1. The van der Waals surface area contributed by atoms with Crippen molar-refractivity contribution in [2.45, 2.75) is 16.9 Å². The lowest BCUT2D eigenvalue weighted by Gasteiger charge is -2.17. The van der Waals surface area contributed by atoms with Crippen LogP contribution >= 0.6 is 22.6 Å². The van der Waals surface area contributed by atoms with E-state index in [0.717, 1.165) is 17.1 Å². The second-order valence-corrected chi connectivity index (χ2v) is 3.84. The minimum Gasteiger partial charge on any atom is -0.329 e. The molecule has 0 aromatic heterocycles. The standard InChI is InChI=1S/C6H13IN2/c7-6-2-1-4-9(6)5-3-8/h6H,1-5,8H2. The second kappa shape index (κ2) is 3.73. The van der Waals surface area contributed by atoms with E-state index in [2.05, 4.69) is 27.5 Å². The molecule has 1 rings (SSSR count). The van der Waals surface area contributed by atoms with Crippen molar-refractivity contribution >= 4 is 22.6 Å². The summed E-state index contributed by atoms with van der Waals surface area (Å²) < 4.78 is 0.756. The Balaban J connectivity index is 2.22. The maximum absolute atomic E-state index is 5.43. The molecule has 0 saturated carbocycles. The first-order chi connectivity index (χ1) is 4.34. The Morgan fingerprint density at radius 3 is 2.89 bits per heavy atom. The van der Waals surface area contributed by atoms with Gasteiger partial charge < -0.3 is 5.73 Å². The highest BCUT2D eigenvalue weighted by molar-refractivity contribution is 14.1. The van der Waals surface area contributed by atoms with Crippen LogP contribution in [0.5, 0.6) is 0 Å². The Hall–Kier alpha value is 0.650. The molecular formula is C6H13IN2. The first kappa shape index (κ1) is 7.75. The normalized spacial score (nSPS) is 29.3. The van der Waals surface area contributed by atoms with Crippen LogP contribution in [-0.4, -0.2) is 28.6 Å². The zero-order valence-corrected chi connectivity index (χ0v) is 7.67. The van der Waals surface area contributed by atoms with Gasteiger partial charge in [-0.2, -0.15) is 0 Å². The van der Waals surface area contributed by atoms with Crippen LogP contribution in [0, 0.1) is 0 Å². The molecule has 2 N–H and O–H groups in total. The maximum Gasteiger partial charge on any atom is 0.0619 e. The van der Waals surface area contributed by atoms with E-state index < -0.39 is 0 Å². The second-order valence-electron chi connectivity index (χ2n) is 2.40. The third kappa shape index (κ3) is 2.05. The summed E-state index contributed by atoms with van der Waals surface area (Å²) in [5.41, 5.74) is 5.43. The summed E-state index contributed by atoms with van der Waals surface area (Å²) in [5, 5.41) is 0. The highest BCUT2D eigenvalue weighted by atomic mass is 127. The summed E-state index contributed by atoms with van der Waals surface area (Å²) in [6.07, 6.45) is 2.70. The number of rotatable bonds is 2. The fourth-order valence-electron chi connectivity index (χ4n) is 1.20. The van der Waals surface area contributed by atoms with Crippen molar-refractivity contribution in [2.24, 2.45) is 5.73 Å². The summed E-state index contributed by atoms with van der Waals surface area (Å²) in [4.78, 5) is 2.44. The van der Waals surface area contributed by atoms with Crippen LogP contribution in [0.15, 0.2) is 0 Å². The molecule has 1 aliphatic rings. The Morgan fingerprint density at radius 2 is 2.44 bits per heavy atom. The molecule has 0 aromatic carbocycles. The Kier molecular flexibility index (Phi) is 3.21. The van der Waals surface area contributed by atoms with Crippen molar-refractivity contribution < 1.29 is 0 Å². The zero-order chi connectivity index (χ0) is 6.69. The van der Waals surface area contributed by atoms with E-state index in [4.69, 9.17) is 5.73 Å². The van der Waals surface area contributed by atoms with Crippen molar-refractivity contribution in [3.63, 3.8) is 0 Å². The van der Waals surface area contributed by atoms with Gasteiger partial charge >= 0.3 is 0 Å². The van der Waals surface area contributed by atoms with Gasteiger partial charge in [-0.3, -0.25) is 4.90 Å². The van der Waals surface area contributed by atoms with Crippen LogP contribution in [0.2, 0.25) is 0 Å². The van der Waals surface area contributed by atoms with Gasteiger partial charge in [0, 0.05) is 13.1 Å². The SMILES string of the molecule is NCCN1CCCC1I. The lowest BCUT2D eigenvalue weighted by molar-refractivity contribution is 0.337. The molecule has 2 nitrogen and oxygen atoms in total. The molecule has 1 aliphatic heterocycles. The Morgan fingerprint density at radius 1 is 1.67 bits per heavy atom. The monoisotopic (exact) mass is 240 g/mol. The predicted molar refractivity (Wildman–Crippen MR) is 47.7 cm³/mol. The van der Waals surface area contributed by atoms with Gasteiger partial charge in [-0.05, 0) is 19.4 Å². The van der Waals surface area contributed by atoms with Gasteiger partial charge in [0.1, 0.15) is 0 Å². The molecule has 0 amide bonds. The summed E-state index contributed by atoms with van der Waals surface area (Å²) >= 11 is 2.49. The maximum atomic E-state index is 5.43. The largest absolute Gasteiger partial charge is 0.329 e. The number of hydrogen-bond acceptors (Lipinski definition) is 2. The molecule has 1 saturated heterocycles. The van der Waals surface area contributed by atoms with E-state index in [0.29, 0.717) is 0 Å². The highest BCUT2D eigenvalue weighted by Crippen LogP contribution is 2.21. The van der Waals surface area contributed by atoms with Crippen molar-refractivity contribution in [3.8, 4) is 0 Å². The lowest BCUT2D eigenvalue weighted by Crippen LogP contribution is -2.30. The molecule has 0 spiro atoms. The fraction of sp³-hybridized carbons (Fsp3) is 1.00. The molecule has 1 heterocycles. The number of nitrogens with zero attached hydrogens (tertiary/aromatic N) is 1. The van der Waals surface area contributed by atoms with Gasteiger partial charge in [0.2, 0.25) is 0 Å². The molecule has 9 heavy (non-hydrogen) atoms. The minimum absolute atomic E-state index is 0.756. The highest BCUT2D eigenvalue weighted by Gasteiger charge is 2.19.